The summed E-state index contributed by atoms with van der Waals surface area (Å²) < 4.78 is 1.50. The van der Waals surface area contributed by atoms with Crippen LogP contribution in [0.5, 0.6) is 0 Å². The molecule has 0 saturated heterocycles. The Bertz CT molecular complexity index is 1290. The van der Waals surface area contributed by atoms with Crippen molar-refractivity contribution in [3.05, 3.63) is 66.2 Å². The van der Waals surface area contributed by atoms with E-state index in [1.807, 2.05) is 13.0 Å². The van der Waals surface area contributed by atoms with Gasteiger partial charge in [-0.05, 0) is 48.2 Å². The zero-order valence-corrected chi connectivity index (χ0v) is 16.8. The molecule has 4 N–H and O–H groups in total. The van der Waals surface area contributed by atoms with Crippen LogP contribution < -0.4 is 21.5 Å². The van der Waals surface area contributed by atoms with Crippen molar-refractivity contribution in [2.24, 2.45) is 4.99 Å². The Morgan fingerprint density at radius 1 is 1.16 bits per heavy atom. The Balaban J connectivity index is 1.63. The number of nitrogens with two attached hydrogens (primary N) is 1. The standard InChI is InChI=1S/C21H20N8O2/c1-12-7-8-24-16(9-12)28-21(31)27-14-5-3-13(4-6-14)17-15(20(30)23-2)10-29-18(17)19(22)25-11-26-29/h3-11H,1-2H3,(H,23,30)(H2,22,25,26)(H2,24,27,28,31)/p-1. The number of rotatable bonds is 4. The molecule has 3 aromatic heterocycles. The highest BCUT2D eigenvalue weighted by Crippen LogP contribution is 2.32. The van der Waals surface area contributed by atoms with Crippen LogP contribution >= 0.6 is 0 Å². The summed E-state index contributed by atoms with van der Waals surface area (Å²) in [6, 6.07) is 10.2. The second-order valence-electron chi connectivity index (χ2n) is 6.76. The number of nitrogens with one attached hydrogen (secondary N) is 2. The largest absolute Gasteiger partial charge is 0.858 e. The number of amides is 2. The minimum atomic E-state index is -0.418. The molecule has 4 rings (SSSR count). The predicted molar refractivity (Wildman–Crippen MR) is 117 cm³/mol. The summed E-state index contributed by atoms with van der Waals surface area (Å²) in [5.41, 5.74) is 9.76. The SMILES string of the molecule is CN=C([O-])c1cn2ncnc(N)c2c1-c1ccc(NC(=O)Nc2cc(C)ccn2)cc1. The molecule has 10 nitrogen and oxygen atoms in total. The van der Waals surface area contributed by atoms with Crippen molar-refractivity contribution < 1.29 is 9.90 Å². The summed E-state index contributed by atoms with van der Waals surface area (Å²) in [5, 5.41) is 21.9. The van der Waals surface area contributed by atoms with Gasteiger partial charge in [0.05, 0.1) is 0 Å². The first kappa shape index (κ1) is 19.8. The fraction of sp³-hybridized carbons (Fsp3) is 0.0952. The third-order valence-corrected chi connectivity index (χ3v) is 4.62. The molecule has 2 amide bonds. The minimum Gasteiger partial charge on any atom is -0.858 e. The maximum atomic E-state index is 12.4. The van der Waals surface area contributed by atoms with Crippen LogP contribution in [0.3, 0.4) is 0 Å². The lowest BCUT2D eigenvalue weighted by Gasteiger charge is -2.12. The van der Waals surface area contributed by atoms with E-state index in [0.717, 1.165) is 5.56 Å². The number of aromatic nitrogens is 4. The maximum Gasteiger partial charge on any atom is 0.324 e. The molecule has 31 heavy (non-hydrogen) atoms. The topological polar surface area (TPSA) is 146 Å². The summed E-state index contributed by atoms with van der Waals surface area (Å²) >= 11 is 0. The number of benzene rings is 1. The van der Waals surface area contributed by atoms with E-state index in [0.29, 0.717) is 33.7 Å². The first-order valence-corrected chi connectivity index (χ1v) is 9.33. The molecule has 0 saturated carbocycles. The van der Waals surface area contributed by atoms with Crippen LogP contribution in [0.2, 0.25) is 0 Å². The average Bonchev–Trinajstić information content (AvgIpc) is 3.14. The van der Waals surface area contributed by atoms with Gasteiger partial charge in [-0.15, -0.1) is 0 Å². The van der Waals surface area contributed by atoms with Gasteiger partial charge in [0.15, 0.2) is 5.82 Å². The summed E-state index contributed by atoms with van der Waals surface area (Å²) in [6.07, 6.45) is 4.52. The van der Waals surface area contributed by atoms with Crippen LogP contribution in [-0.4, -0.2) is 38.6 Å². The van der Waals surface area contributed by atoms with Gasteiger partial charge in [-0.1, -0.05) is 12.1 Å². The highest BCUT2D eigenvalue weighted by atomic mass is 16.3. The molecule has 0 unspecified atom stereocenters. The smallest absolute Gasteiger partial charge is 0.324 e. The van der Waals surface area contributed by atoms with Crippen molar-refractivity contribution in [2.75, 3.05) is 23.4 Å². The molecule has 3 heterocycles. The Morgan fingerprint density at radius 3 is 2.65 bits per heavy atom. The van der Waals surface area contributed by atoms with Crippen LogP contribution in [0.15, 0.2) is 60.1 Å². The number of nitrogen functional groups attached to an aromatic ring is 1. The van der Waals surface area contributed by atoms with E-state index in [1.54, 1.807) is 42.7 Å². The van der Waals surface area contributed by atoms with Crippen molar-refractivity contribution in [3.8, 4) is 11.1 Å². The van der Waals surface area contributed by atoms with Crippen LogP contribution in [0, 0.1) is 6.92 Å². The van der Waals surface area contributed by atoms with E-state index in [9.17, 15) is 9.90 Å². The molecular formula is C21H19N8O2-. The number of anilines is 3. The van der Waals surface area contributed by atoms with Crippen LogP contribution in [0.25, 0.3) is 16.6 Å². The zero-order valence-electron chi connectivity index (χ0n) is 16.8. The molecule has 0 atom stereocenters. The van der Waals surface area contributed by atoms with Gasteiger partial charge in [0.2, 0.25) is 0 Å². The summed E-state index contributed by atoms with van der Waals surface area (Å²) in [5.74, 6) is 0.302. The van der Waals surface area contributed by atoms with Gasteiger partial charge >= 0.3 is 6.03 Å². The number of urea groups is 1. The molecule has 156 valence electrons. The highest BCUT2D eigenvalue weighted by Gasteiger charge is 2.17. The quantitative estimate of drug-likeness (QED) is 0.343. The number of pyridine rings is 1. The number of carbonyl (C=O) groups excluding carboxylic acids is 1. The van der Waals surface area contributed by atoms with Gasteiger partial charge in [0, 0.05) is 36.3 Å². The molecule has 1 aromatic carbocycles. The van der Waals surface area contributed by atoms with Crippen molar-refractivity contribution in [1.82, 2.24) is 19.6 Å². The Hall–Kier alpha value is -4.47. The van der Waals surface area contributed by atoms with E-state index >= 15 is 0 Å². The Labute approximate surface area is 177 Å². The average molecular weight is 415 g/mol. The number of aliphatic imine (C=N–C) groups is 1. The van der Waals surface area contributed by atoms with E-state index in [2.05, 4.69) is 30.7 Å². The van der Waals surface area contributed by atoms with Gasteiger partial charge in [-0.2, -0.15) is 5.10 Å². The zero-order chi connectivity index (χ0) is 22.0. The first-order chi connectivity index (χ1) is 15.0. The van der Waals surface area contributed by atoms with Crippen LogP contribution in [0.4, 0.5) is 22.1 Å². The van der Waals surface area contributed by atoms with Crippen molar-refractivity contribution in [1.29, 1.82) is 0 Å². The predicted octanol–water partition coefficient (Wildman–Crippen LogP) is 2.06. The first-order valence-electron chi connectivity index (χ1n) is 9.33. The van der Waals surface area contributed by atoms with Crippen molar-refractivity contribution >= 4 is 34.8 Å². The van der Waals surface area contributed by atoms with E-state index in [4.69, 9.17) is 5.73 Å². The summed E-state index contributed by atoms with van der Waals surface area (Å²) in [7, 11) is 1.43. The third-order valence-electron chi connectivity index (χ3n) is 4.62. The van der Waals surface area contributed by atoms with E-state index in [-0.39, 0.29) is 5.82 Å². The Kier molecular flexibility index (Phi) is 5.19. The second-order valence-corrected chi connectivity index (χ2v) is 6.76. The van der Waals surface area contributed by atoms with Crippen molar-refractivity contribution in [2.45, 2.75) is 6.92 Å². The lowest BCUT2D eigenvalue weighted by molar-refractivity contribution is -0.212. The molecule has 0 spiro atoms. The monoisotopic (exact) mass is 415 g/mol. The number of hydrogen-bond acceptors (Lipinski definition) is 7. The number of nitrogens with zero attached hydrogens (tertiary/aromatic N) is 5. The molecule has 10 heteroatoms. The van der Waals surface area contributed by atoms with E-state index in [1.165, 1.54) is 17.9 Å². The molecule has 0 aliphatic rings. The molecule has 0 aliphatic carbocycles. The maximum absolute atomic E-state index is 12.4. The summed E-state index contributed by atoms with van der Waals surface area (Å²) in [6.45, 7) is 1.91. The van der Waals surface area contributed by atoms with Gasteiger partial charge < -0.3 is 21.1 Å². The Morgan fingerprint density at radius 2 is 1.94 bits per heavy atom. The number of hydrogen-bond donors (Lipinski definition) is 3. The molecule has 0 bridgehead atoms. The molecule has 0 fully saturated rings. The van der Waals surface area contributed by atoms with Gasteiger partial charge in [-0.3, -0.25) is 5.32 Å². The number of aryl methyl sites for hydroxylation is 1. The van der Waals surface area contributed by atoms with Gasteiger partial charge in [0.25, 0.3) is 0 Å². The van der Waals surface area contributed by atoms with Crippen LogP contribution in [0.1, 0.15) is 11.1 Å². The van der Waals surface area contributed by atoms with Gasteiger partial charge in [-0.25, -0.2) is 19.3 Å². The number of carbonyl (C=O) groups is 1. The molecular weight excluding hydrogens is 396 g/mol. The lowest BCUT2D eigenvalue weighted by atomic mass is 10.0. The highest BCUT2D eigenvalue weighted by molar-refractivity contribution is 6.05. The molecule has 0 radical (unpaired) electrons. The fourth-order valence-corrected chi connectivity index (χ4v) is 3.21. The van der Waals surface area contributed by atoms with Crippen LogP contribution in [-0.2, 0) is 0 Å². The normalized spacial score (nSPS) is 11.5. The van der Waals surface area contributed by atoms with Gasteiger partial charge in [0.1, 0.15) is 17.7 Å². The lowest BCUT2D eigenvalue weighted by Crippen LogP contribution is -2.20. The number of fused-ring (bicyclic) bond motifs is 1. The van der Waals surface area contributed by atoms with Crippen molar-refractivity contribution in [3.63, 3.8) is 0 Å². The molecule has 4 aromatic rings. The van der Waals surface area contributed by atoms with E-state index < -0.39 is 11.9 Å². The minimum absolute atomic E-state index is 0.243. The second kappa shape index (κ2) is 8.11. The summed E-state index contributed by atoms with van der Waals surface area (Å²) in [4.78, 5) is 24.1. The fourth-order valence-electron chi connectivity index (χ4n) is 3.21. The third kappa shape index (κ3) is 3.99. The molecule has 0 aliphatic heterocycles.